The number of hydrogen-bond donors (Lipinski definition) is 1. The fourth-order valence-electron chi connectivity index (χ4n) is 2.05. The molecule has 0 aromatic heterocycles. The van der Waals surface area contributed by atoms with E-state index >= 15 is 0 Å². The minimum Gasteiger partial charge on any atom is -0.489 e. The minimum absolute atomic E-state index is 0.143. The monoisotopic (exact) mass is 283 g/mol. The molecule has 19 heavy (non-hydrogen) atoms. The van der Waals surface area contributed by atoms with E-state index in [1.807, 2.05) is 24.3 Å². The van der Waals surface area contributed by atoms with Crippen molar-refractivity contribution in [2.24, 2.45) is 0 Å². The molecule has 1 atom stereocenters. The molecule has 0 bridgehead atoms. The summed E-state index contributed by atoms with van der Waals surface area (Å²) in [6, 6.07) is 8.28. The van der Waals surface area contributed by atoms with Gasteiger partial charge in [-0.15, -0.1) is 0 Å². The molecule has 1 aliphatic rings. The lowest BCUT2D eigenvalue weighted by atomic mass is 10.2. The van der Waals surface area contributed by atoms with E-state index in [4.69, 9.17) is 4.74 Å². The summed E-state index contributed by atoms with van der Waals surface area (Å²) in [6.07, 6.45) is 0.406. The number of nitrogens with one attached hydrogen (secondary N) is 1. The van der Waals surface area contributed by atoms with Gasteiger partial charge in [-0.1, -0.05) is 26.0 Å². The molecule has 1 heterocycles. The highest BCUT2D eigenvalue weighted by Crippen LogP contribution is 2.20. The van der Waals surface area contributed by atoms with Crippen molar-refractivity contribution in [1.82, 2.24) is 5.32 Å². The van der Waals surface area contributed by atoms with Gasteiger partial charge >= 0.3 is 0 Å². The van der Waals surface area contributed by atoms with Crippen LogP contribution in [0.5, 0.6) is 5.75 Å². The van der Waals surface area contributed by atoms with Gasteiger partial charge in [-0.05, 0) is 24.1 Å². The Morgan fingerprint density at radius 1 is 1.32 bits per heavy atom. The molecular weight excluding hydrogens is 262 g/mol. The SMILES string of the molecule is CC(C)NCc1ccc(OC2CCS(=O)(=O)C2)cc1. The lowest BCUT2D eigenvalue weighted by Crippen LogP contribution is -2.21. The Morgan fingerprint density at radius 3 is 2.53 bits per heavy atom. The fourth-order valence-corrected chi connectivity index (χ4v) is 3.64. The van der Waals surface area contributed by atoms with Crippen LogP contribution < -0.4 is 10.1 Å². The molecule has 0 aliphatic carbocycles. The van der Waals surface area contributed by atoms with Gasteiger partial charge in [-0.3, -0.25) is 0 Å². The van der Waals surface area contributed by atoms with Crippen LogP contribution in [0.1, 0.15) is 25.8 Å². The van der Waals surface area contributed by atoms with E-state index in [-0.39, 0.29) is 17.6 Å². The highest BCUT2D eigenvalue weighted by Gasteiger charge is 2.29. The molecule has 1 saturated heterocycles. The van der Waals surface area contributed by atoms with Crippen molar-refractivity contribution >= 4 is 9.84 Å². The molecule has 2 rings (SSSR count). The van der Waals surface area contributed by atoms with E-state index in [1.165, 1.54) is 5.56 Å². The van der Waals surface area contributed by atoms with E-state index < -0.39 is 9.84 Å². The second kappa shape index (κ2) is 5.92. The van der Waals surface area contributed by atoms with Crippen LogP contribution in [0.2, 0.25) is 0 Å². The maximum absolute atomic E-state index is 11.3. The molecule has 1 aromatic rings. The number of rotatable bonds is 5. The van der Waals surface area contributed by atoms with E-state index in [9.17, 15) is 8.42 Å². The van der Waals surface area contributed by atoms with Gasteiger partial charge in [0.15, 0.2) is 9.84 Å². The lowest BCUT2D eigenvalue weighted by molar-refractivity contribution is 0.229. The molecule has 4 nitrogen and oxygen atoms in total. The molecular formula is C14H21NO3S. The van der Waals surface area contributed by atoms with Gasteiger partial charge in [0.25, 0.3) is 0 Å². The van der Waals surface area contributed by atoms with E-state index in [0.29, 0.717) is 12.5 Å². The average molecular weight is 283 g/mol. The second-order valence-electron chi connectivity index (χ2n) is 5.32. The van der Waals surface area contributed by atoms with Crippen molar-refractivity contribution in [3.05, 3.63) is 29.8 Å². The van der Waals surface area contributed by atoms with Gasteiger partial charge in [-0.2, -0.15) is 0 Å². The summed E-state index contributed by atoms with van der Waals surface area (Å²) in [6.45, 7) is 5.05. The molecule has 1 aliphatic heterocycles. The summed E-state index contributed by atoms with van der Waals surface area (Å²) in [4.78, 5) is 0. The van der Waals surface area contributed by atoms with Crippen LogP contribution >= 0.6 is 0 Å². The van der Waals surface area contributed by atoms with Gasteiger partial charge < -0.3 is 10.1 Å². The van der Waals surface area contributed by atoms with Crippen molar-refractivity contribution in [1.29, 1.82) is 0 Å². The maximum Gasteiger partial charge on any atom is 0.154 e. The highest BCUT2D eigenvalue weighted by atomic mass is 32.2. The van der Waals surface area contributed by atoms with Gasteiger partial charge in [-0.25, -0.2) is 8.42 Å². The fraction of sp³-hybridized carbons (Fsp3) is 0.571. The van der Waals surface area contributed by atoms with Crippen molar-refractivity contribution in [2.75, 3.05) is 11.5 Å². The van der Waals surface area contributed by atoms with Crippen LogP contribution in [-0.2, 0) is 16.4 Å². The second-order valence-corrected chi connectivity index (χ2v) is 7.55. The summed E-state index contributed by atoms with van der Waals surface area (Å²) in [7, 11) is -2.88. The molecule has 0 saturated carbocycles. The maximum atomic E-state index is 11.3. The Bertz CT molecular complexity index is 508. The van der Waals surface area contributed by atoms with Crippen molar-refractivity contribution in [2.45, 2.75) is 39.0 Å². The Labute approximate surface area is 115 Å². The quantitative estimate of drug-likeness (QED) is 0.894. The number of sulfone groups is 1. The smallest absolute Gasteiger partial charge is 0.154 e. The number of benzene rings is 1. The molecule has 1 fully saturated rings. The van der Waals surface area contributed by atoms with Crippen LogP contribution in [0.4, 0.5) is 0 Å². The molecule has 1 unspecified atom stereocenters. The number of hydrogen-bond acceptors (Lipinski definition) is 4. The molecule has 0 radical (unpaired) electrons. The molecule has 1 aromatic carbocycles. The molecule has 0 amide bonds. The first-order chi connectivity index (χ1) is 8.94. The van der Waals surface area contributed by atoms with Crippen molar-refractivity contribution in [3.63, 3.8) is 0 Å². The average Bonchev–Trinajstić information content (AvgIpc) is 2.68. The molecule has 106 valence electrons. The van der Waals surface area contributed by atoms with E-state index in [1.54, 1.807) is 0 Å². The van der Waals surface area contributed by atoms with Crippen molar-refractivity contribution < 1.29 is 13.2 Å². The summed E-state index contributed by atoms with van der Waals surface area (Å²) >= 11 is 0. The third-order valence-electron chi connectivity index (χ3n) is 3.13. The Kier molecular flexibility index (Phi) is 4.47. The molecule has 1 N–H and O–H groups in total. The van der Waals surface area contributed by atoms with Gasteiger partial charge in [0.1, 0.15) is 11.9 Å². The summed E-state index contributed by atoms with van der Waals surface area (Å²) in [5.74, 6) is 1.13. The predicted molar refractivity (Wildman–Crippen MR) is 76.1 cm³/mol. The zero-order chi connectivity index (χ0) is 13.9. The Morgan fingerprint density at radius 2 is 2.00 bits per heavy atom. The largest absolute Gasteiger partial charge is 0.489 e. The van der Waals surface area contributed by atoms with Crippen LogP contribution in [0, 0.1) is 0 Å². The van der Waals surface area contributed by atoms with Crippen LogP contribution in [0.25, 0.3) is 0 Å². The van der Waals surface area contributed by atoms with Gasteiger partial charge in [0.05, 0.1) is 11.5 Å². The number of ether oxygens (including phenoxy) is 1. The standard InChI is InChI=1S/C14H21NO3S/c1-11(2)15-9-12-3-5-13(6-4-12)18-14-7-8-19(16,17)10-14/h3-6,11,14-15H,7-10H2,1-2H3. The first kappa shape index (κ1) is 14.3. The highest BCUT2D eigenvalue weighted by molar-refractivity contribution is 7.91. The van der Waals surface area contributed by atoms with E-state index in [2.05, 4.69) is 19.2 Å². The zero-order valence-electron chi connectivity index (χ0n) is 11.4. The molecule has 0 spiro atoms. The van der Waals surface area contributed by atoms with Gasteiger partial charge in [0, 0.05) is 12.6 Å². The van der Waals surface area contributed by atoms with Crippen LogP contribution in [-0.4, -0.2) is 32.1 Å². The summed E-state index contributed by atoms with van der Waals surface area (Å²) in [5.41, 5.74) is 1.19. The third-order valence-corrected chi connectivity index (χ3v) is 4.87. The minimum atomic E-state index is -2.88. The third kappa shape index (κ3) is 4.51. The van der Waals surface area contributed by atoms with Crippen molar-refractivity contribution in [3.8, 4) is 5.75 Å². The van der Waals surface area contributed by atoms with Crippen LogP contribution in [0.3, 0.4) is 0 Å². The first-order valence-corrected chi connectivity index (χ1v) is 8.46. The topological polar surface area (TPSA) is 55.4 Å². The zero-order valence-corrected chi connectivity index (χ0v) is 12.2. The molecule has 5 heteroatoms. The summed E-state index contributed by atoms with van der Waals surface area (Å²) < 4.78 is 28.4. The Balaban J connectivity index is 1.88. The summed E-state index contributed by atoms with van der Waals surface area (Å²) in [5, 5.41) is 3.34. The van der Waals surface area contributed by atoms with E-state index in [0.717, 1.165) is 12.3 Å². The van der Waals surface area contributed by atoms with Crippen LogP contribution in [0.15, 0.2) is 24.3 Å². The predicted octanol–water partition coefficient (Wildman–Crippen LogP) is 1.75. The Hall–Kier alpha value is -1.07. The van der Waals surface area contributed by atoms with Gasteiger partial charge in [0.2, 0.25) is 0 Å². The first-order valence-electron chi connectivity index (χ1n) is 6.64. The normalized spacial score (nSPS) is 21.7. The lowest BCUT2D eigenvalue weighted by Gasteiger charge is -2.13.